The third-order valence-corrected chi connectivity index (χ3v) is 4.49. The van der Waals surface area contributed by atoms with E-state index < -0.39 is 0 Å². The number of likely N-dealkylation sites (N-methyl/N-ethyl adjacent to an activating group) is 1. The summed E-state index contributed by atoms with van der Waals surface area (Å²) >= 11 is 13.0. The van der Waals surface area contributed by atoms with Crippen molar-refractivity contribution in [1.82, 2.24) is 10.2 Å². The van der Waals surface area contributed by atoms with Gasteiger partial charge >= 0.3 is 0 Å². The molecule has 0 aliphatic rings. The quantitative estimate of drug-likeness (QED) is 0.805. The molecule has 0 amide bonds. The number of thiocarbonyl (C=S) groups is 1. The molecule has 0 spiro atoms. The van der Waals surface area contributed by atoms with Crippen molar-refractivity contribution in [2.45, 2.75) is 6.04 Å². The fourth-order valence-corrected chi connectivity index (χ4v) is 3.26. The van der Waals surface area contributed by atoms with E-state index in [4.69, 9.17) is 23.8 Å². The van der Waals surface area contributed by atoms with Gasteiger partial charge < -0.3 is 15.5 Å². The lowest BCUT2D eigenvalue weighted by atomic mass is 10.2. The molecule has 6 heteroatoms. The molecule has 2 rings (SSSR count). The second kappa shape index (κ2) is 7.75. The highest BCUT2D eigenvalue weighted by atomic mass is 35.5. The van der Waals surface area contributed by atoms with Crippen LogP contribution >= 0.6 is 35.2 Å². The van der Waals surface area contributed by atoms with Gasteiger partial charge in [-0.05, 0) is 56.0 Å². The van der Waals surface area contributed by atoms with Crippen LogP contribution in [0, 0.1) is 0 Å². The van der Waals surface area contributed by atoms with E-state index >= 15 is 0 Å². The summed E-state index contributed by atoms with van der Waals surface area (Å²) < 4.78 is 0. The second-order valence-electron chi connectivity index (χ2n) is 4.84. The molecule has 0 bridgehead atoms. The highest BCUT2D eigenvalue weighted by molar-refractivity contribution is 7.80. The fourth-order valence-electron chi connectivity index (χ4n) is 1.95. The first-order chi connectivity index (χ1) is 10.1. The Morgan fingerprint density at radius 1 is 1.33 bits per heavy atom. The van der Waals surface area contributed by atoms with Crippen molar-refractivity contribution >= 4 is 46.0 Å². The smallest absolute Gasteiger partial charge is 0.170 e. The highest BCUT2D eigenvalue weighted by Crippen LogP contribution is 2.22. The van der Waals surface area contributed by atoms with E-state index in [1.165, 1.54) is 4.88 Å². The summed E-state index contributed by atoms with van der Waals surface area (Å²) in [6, 6.07) is 12.0. The van der Waals surface area contributed by atoms with Crippen molar-refractivity contribution in [3.05, 3.63) is 51.7 Å². The van der Waals surface area contributed by atoms with Gasteiger partial charge in [0.25, 0.3) is 0 Å². The molecule has 1 aromatic carbocycles. The molecule has 2 N–H and O–H groups in total. The molecule has 0 aliphatic heterocycles. The van der Waals surface area contributed by atoms with Gasteiger partial charge in [0.2, 0.25) is 0 Å². The summed E-state index contributed by atoms with van der Waals surface area (Å²) in [5, 5.41) is 9.78. The molecule has 1 heterocycles. The minimum absolute atomic E-state index is 0.295. The molecule has 2 aromatic rings. The van der Waals surface area contributed by atoms with Crippen LogP contribution in [0.5, 0.6) is 0 Å². The van der Waals surface area contributed by atoms with Gasteiger partial charge in [0.1, 0.15) is 0 Å². The number of nitrogens with one attached hydrogen (secondary N) is 2. The van der Waals surface area contributed by atoms with Crippen LogP contribution in [0.2, 0.25) is 5.02 Å². The Labute approximate surface area is 139 Å². The maximum atomic E-state index is 5.96. The topological polar surface area (TPSA) is 27.3 Å². The fraction of sp³-hybridized carbons (Fsp3) is 0.267. The molecular weight excluding hydrogens is 322 g/mol. The van der Waals surface area contributed by atoms with E-state index in [2.05, 4.69) is 47.1 Å². The van der Waals surface area contributed by atoms with E-state index in [1.807, 2.05) is 24.3 Å². The molecule has 0 radical (unpaired) electrons. The maximum absolute atomic E-state index is 5.96. The summed E-state index contributed by atoms with van der Waals surface area (Å²) in [4.78, 5) is 3.50. The van der Waals surface area contributed by atoms with Crippen LogP contribution in [0.3, 0.4) is 0 Å². The van der Waals surface area contributed by atoms with Gasteiger partial charge in [0.15, 0.2) is 5.11 Å². The number of hydrogen-bond donors (Lipinski definition) is 2. The highest BCUT2D eigenvalue weighted by Gasteiger charge is 2.15. The van der Waals surface area contributed by atoms with Crippen LogP contribution in [0.25, 0.3) is 0 Å². The summed E-state index contributed by atoms with van der Waals surface area (Å²) in [6.07, 6.45) is 0. The first-order valence-electron chi connectivity index (χ1n) is 6.56. The molecule has 0 aliphatic carbocycles. The van der Waals surface area contributed by atoms with Gasteiger partial charge in [-0.1, -0.05) is 23.7 Å². The summed E-state index contributed by atoms with van der Waals surface area (Å²) in [6.45, 7) is 0.750. The Balaban J connectivity index is 1.90. The number of halogens is 1. The number of nitrogens with zero attached hydrogens (tertiary/aromatic N) is 1. The SMILES string of the molecule is CN(C)[C@@H](CNC(=S)Nc1cccc(Cl)c1)c1cccs1. The van der Waals surface area contributed by atoms with E-state index in [-0.39, 0.29) is 0 Å². The summed E-state index contributed by atoms with van der Waals surface area (Å²) in [5.74, 6) is 0. The zero-order valence-electron chi connectivity index (χ0n) is 12.0. The lowest BCUT2D eigenvalue weighted by Gasteiger charge is -2.24. The summed E-state index contributed by atoms with van der Waals surface area (Å²) in [5.41, 5.74) is 0.887. The number of hydrogen-bond acceptors (Lipinski definition) is 3. The number of anilines is 1. The largest absolute Gasteiger partial charge is 0.360 e. The van der Waals surface area contributed by atoms with Crippen LogP contribution in [-0.4, -0.2) is 30.7 Å². The Hall–Kier alpha value is -1.14. The molecule has 112 valence electrons. The molecule has 1 atom stereocenters. The third kappa shape index (κ3) is 4.97. The van der Waals surface area contributed by atoms with Crippen molar-refractivity contribution in [1.29, 1.82) is 0 Å². The monoisotopic (exact) mass is 339 g/mol. The first-order valence-corrected chi connectivity index (χ1v) is 8.23. The molecule has 0 unspecified atom stereocenters. The Morgan fingerprint density at radius 3 is 2.76 bits per heavy atom. The Morgan fingerprint density at radius 2 is 2.14 bits per heavy atom. The minimum atomic E-state index is 0.295. The van der Waals surface area contributed by atoms with Crippen molar-refractivity contribution in [2.24, 2.45) is 0 Å². The lowest BCUT2D eigenvalue weighted by Crippen LogP contribution is -2.36. The summed E-state index contributed by atoms with van der Waals surface area (Å²) in [7, 11) is 4.14. The predicted octanol–water partition coefficient (Wildman–Crippen LogP) is 3.99. The van der Waals surface area contributed by atoms with Crippen LogP contribution in [0.15, 0.2) is 41.8 Å². The molecule has 21 heavy (non-hydrogen) atoms. The zero-order chi connectivity index (χ0) is 15.2. The molecule has 0 saturated carbocycles. The van der Waals surface area contributed by atoms with E-state index in [1.54, 1.807) is 11.3 Å². The van der Waals surface area contributed by atoms with Gasteiger partial charge in [-0.2, -0.15) is 0 Å². The average molecular weight is 340 g/mol. The normalized spacial score (nSPS) is 12.2. The van der Waals surface area contributed by atoms with E-state index in [0.717, 1.165) is 12.2 Å². The van der Waals surface area contributed by atoms with Crippen LogP contribution in [0.1, 0.15) is 10.9 Å². The van der Waals surface area contributed by atoms with Gasteiger partial charge in [-0.3, -0.25) is 0 Å². The average Bonchev–Trinajstić information content (AvgIpc) is 2.92. The van der Waals surface area contributed by atoms with Gasteiger partial charge in [-0.15, -0.1) is 11.3 Å². The van der Waals surface area contributed by atoms with Gasteiger partial charge in [-0.25, -0.2) is 0 Å². The van der Waals surface area contributed by atoms with Crippen molar-refractivity contribution in [2.75, 3.05) is 26.0 Å². The standard InChI is InChI=1S/C15H18ClN3S2/c1-19(2)13(14-7-4-8-21-14)10-17-15(20)18-12-6-3-5-11(16)9-12/h3-9,13H,10H2,1-2H3,(H2,17,18,20)/t13-/m0/s1. The lowest BCUT2D eigenvalue weighted by molar-refractivity contribution is 0.303. The molecular formula is C15H18ClN3S2. The molecule has 0 fully saturated rings. The Kier molecular flexibility index (Phi) is 5.99. The van der Waals surface area contributed by atoms with Crippen molar-refractivity contribution in [3.8, 4) is 0 Å². The maximum Gasteiger partial charge on any atom is 0.170 e. The zero-order valence-corrected chi connectivity index (χ0v) is 14.4. The van der Waals surface area contributed by atoms with Gasteiger partial charge in [0, 0.05) is 22.1 Å². The first kappa shape index (κ1) is 16.2. The van der Waals surface area contributed by atoms with Crippen molar-refractivity contribution in [3.63, 3.8) is 0 Å². The van der Waals surface area contributed by atoms with E-state index in [9.17, 15) is 0 Å². The van der Waals surface area contributed by atoms with Gasteiger partial charge in [0.05, 0.1) is 6.04 Å². The van der Waals surface area contributed by atoms with E-state index in [0.29, 0.717) is 16.2 Å². The molecule has 3 nitrogen and oxygen atoms in total. The van der Waals surface area contributed by atoms with Crippen LogP contribution in [-0.2, 0) is 0 Å². The molecule has 0 saturated heterocycles. The predicted molar refractivity (Wildman–Crippen MR) is 96.4 cm³/mol. The number of benzene rings is 1. The Bertz CT molecular complexity index is 584. The minimum Gasteiger partial charge on any atom is -0.360 e. The van der Waals surface area contributed by atoms with Crippen molar-refractivity contribution < 1.29 is 0 Å². The van der Waals surface area contributed by atoms with Crippen LogP contribution in [0.4, 0.5) is 5.69 Å². The van der Waals surface area contributed by atoms with Crippen LogP contribution < -0.4 is 10.6 Å². The third-order valence-electron chi connectivity index (χ3n) is 3.03. The molecule has 1 aromatic heterocycles. The number of rotatable bonds is 5. The number of thiophene rings is 1. The second-order valence-corrected chi connectivity index (χ2v) is 6.66.